The number of piperidine rings is 1. The summed E-state index contributed by atoms with van der Waals surface area (Å²) < 4.78 is 41.1. The minimum atomic E-state index is -4.56. The van der Waals surface area contributed by atoms with Crippen LogP contribution in [0.3, 0.4) is 0 Å². The van der Waals surface area contributed by atoms with Crippen molar-refractivity contribution >= 4 is 11.0 Å². The molecule has 6 nitrogen and oxygen atoms in total. The Bertz CT molecular complexity index is 1160. The Labute approximate surface area is 177 Å². The summed E-state index contributed by atoms with van der Waals surface area (Å²) in [5.41, 5.74) is 0.681. The van der Waals surface area contributed by atoms with E-state index in [4.69, 9.17) is 0 Å². The Balaban J connectivity index is 1.80. The van der Waals surface area contributed by atoms with Crippen molar-refractivity contribution in [2.75, 3.05) is 19.6 Å². The molecular weight excluding hydrogens is 407 g/mol. The number of hydrogen-bond donors (Lipinski definition) is 1. The quantitative estimate of drug-likeness (QED) is 0.655. The van der Waals surface area contributed by atoms with Gasteiger partial charge in [0, 0.05) is 29.7 Å². The number of aromatic hydroxyl groups is 1. The summed E-state index contributed by atoms with van der Waals surface area (Å²) in [4.78, 5) is 2.34. The van der Waals surface area contributed by atoms with Gasteiger partial charge in [0.2, 0.25) is 0 Å². The van der Waals surface area contributed by atoms with Gasteiger partial charge in [-0.3, -0.25) is 0 Å². The van der Waals surface area contributed by atoms with Crippen molar-refractivity contribution in [3.8, 4) is 23.1 Å². The zero-order valence-electron chi connectivity index (χ0n) is 17.2. The molecule has 0 radical (unpaired) electrons. The predicted octanol–water partition coefficient (Wildman–Crippen LogP) is 4.66. The lowest BCUT2D eigenvalue weighted by Crippen LogP contribution is -2.36. The highest BCUT2D eigenvalue weighted by Gasteiger charge is 2.32. The molecule has 0 spiro atoms. The third kappa shape index (κ3) is 3.83. The molecule has 0 bridgehead atoms. The molecule has 1 fully saturated rings. The van der Waals surface area contributed by atoms with Crippen molar-refractivity contribution in [2.45, 2.75) is 38.9 Å². The molecule has 4 rings (SSSR count). The SMILES string of the molecule is CCN1CCC[C@@H](n2cc(C#N)c3cc(-c4c(C)cc(C(F)(F)F)cc4O)nnc32)C1. The number of fused-ring (bicyclic) bond motifs is 1. The zero-order valence-corrected chi connectivity index (χ0v) is 17.2. The summed E-state index contributed by atoms with van der Waals surface area (Å²) in [5, 5.41) is 29.0. The fraction of sp³-hybridized carbons (Fsp3) is 0.409. The number of nitriles is 1. The summed E-state index contributed by atoms with van der Waals surface area (Å²) in [7, 11) is 0. The predicted molar refractivity (Wildman–Crippen MR) is 109 cm³/mol. The van der Waals surface area contributed by atoms with E-state index in [2.05, 4.69) is 28.1 Å². The lowest BCUT2D eigenvalue weighted by molar-refractivity contribution is -0.137. The van der Waals surface area contributed by atoms with Gasteiger partial charge in [-0.05, 0) is 56.6 Å². The molecule has 1 aliphatic heterocycles. The standard InChI is InChI=1S/C22H22F3N5O/c1-3-29-6-4-5-16(12-29)30-11-14(10-26)17-9-18(27-28-21(17)30)20-13(2)7-15(8-19(20)31)22(23,24)25/h7-9,11,16,31H,3-6,12H2,1-2H3/t16-/m1/s1. The van der Waals surface area contributed by atoms with Gasteiger partial charge in [-0.15, -0.1) is 10.2 Å². The van der Waals surface area contributed by atoms with Crippen molar-refractivity contribution in [2.24, 2.45) is 0 Å². The van der Waals surface area contributed by atoms with E-state index in [1.165, 1.54) is 6.92 Å². The van der Waals surface area contributed by atoms with Crippen LogP contribution in [0.1, 0.15) is 42.5 Å². The van der Waals surface area contributed by atoms with Crippen LogP contribution in [-0.4, -0.2) is 44.4 Å². The fourth-order valence-corrected chi connectivity index (χ4v) is 4.34. The number of phenolic OH excluding ortho intramolecular Hbond substituents is 1. The van der Waals surface area contributed by atoms with E-state index in [-0.39, 0.29) is 22.9 Å². The first kappa shape index (κ1) is 21.1. The van der Waals surface area contributed by atoms with Gasteiger partial charge in [-0.2, -0.15) is 18.4 Å². The van der Waals surface area contributed by atoms with Gasteiger partial charge in [0.25, 0.3) is 0 Å². The second-order valence-corrected chi connectivity index (χ2v) is 7.90. The fourth-order valence-electron chi connectivity index (χ4n) is 4.34. The second kappa shape index (κ2) is 7.85. The molecule has 9 heteroatoms. The molecule has 3 heterocycles. The molecule has 0 aliphatic carbocycles. The van der Waals surface area contributed by atoms with E-state index in [0.29, 0.717) is 22.7 Å². The van der Waals surface area contributed by atoms with Crippen LogP contribution in [0.15, 0.2) is 24.4 Å². The first-order valence-electron chi connectivity index (χ1n) is 10.1. The highest BCUT2D eigenvalue weighted by atomic mass is 19.4. The monoisotopic (exact) mass is 429 g/mol. The van der Waals surface area contributed by atoms with Gasteiger partial charge in [-0.1, -0.05) is 6.92 Å². The van der Waals surface area contributed by atoms with Crippen LogP contribution in [0, 0.1) is 18.3 Å². The molecule has 0 amide bonds. The number of likely N-dealkylation sites (N-methyl/N-ethyl adjacent to an activating group) is 1. The number of aromatic nitrogens is 3. The number of alkyl halides is 3. The Kier molecular flexibility index (Phi) is 5.35. The number of rotatable bonds is 3. The molecule has 1 aliphatic rings. The van der Waals surface area contributed by atoms with Crippen LogP contribution in [-0.2, 0) is 6.18 Å². The van der Waals surface area contributed by atoms with Gasteiger partial charge in [0.15, 0.2) is 5.65 Å². The van der Waals surface area contributed by atoms with Crippen LogP contribution in [0.4, 0.5) is 13.2 Å². The second-order valence-electron chi connectivity index (χ2n) is 7.90. The van der Waals surface area contributed by atoms with Gasteiger partial charge >= 0.3 is 6.18 Å². The minimum absolute atomic E-state index is 0.166. The van der Waals surface area contributed by atoms with E-state index in [1.807, 2.05) is 4.57 Å². The molecule has 2 aromatic heterocycles. The topological polar surface area (TPSA) is 78.0 Å². The van der Waals surface area contributed by atoms with Gasteiger partial charge in [-0.25, -0.2) is 0 Å². The third-order valence-electron chi connectivity index (χ3n) is 5.92. The van der Waals surface area contributed by atoms with E-state index in [0.717, 1.165) is 38.5 Å². The molecule has 1 aromatic carbocycles. The van der Waals surface area contributed by atoms with Gasteiger partial charge < -0.3 is 14.6 Å². The normalized spacial score (nSPS) is 17.7. The number of halogens is 3. The highest BCUT2D eigenvalue weighted by molar-refractivity contribution is 5.87. The number of phenols is 1. The average molecular weight is 429 g/mol. The smallest absolute Gasteiger partial charge is 0.416 e. The Hall–Kier alpha value is -3.12. The summed E-state index contributed by atoms with van der Waals surface area (Å²) in [5.74, 6) is -0.523. The number of likely N-dealkylation sites (tertiary alicyclic amines) is 1. The Morgan fingerprint density at radius 1 is 1.26 bits per heavy atom. The van der Waals surface area contributed by atoms with E-state index >= 15 is 0 Å². The summed E-state index contributed by atoms with van der Waals surface area (Å²) in [6.45, 7) is 6.44. The number of aryl methyl sites for hydroxylation is 1. The molecule has 1 saturated heterocycles. The maximum atomic E-state index is 13.0. The number of nitrogens with zero attached hydrogens (tertiary/aromatic N) is 5. The average Bonchev–Trinajstić information content (AvgIpc) is 3.11. The van der Waals surface area contributed by atoms with Crippen molar-refractivity contribution in [3.05, 3.63) is 41.1 Å². The van der Waals surface area contributed by atoms with Crippen molar-refractivity contribution in [1.29, 1.82) is 5.26 Å². The summed E-state index contributed by atoms with van der Waals surface area (Å²) >= 11 is 0. The number of benzene rings is 1. The lowest BCUT2D eigenvalue weighted by atomic mass is 10.00. The van der Waals surface area contributed by atoms with E-state index < -0.39 is 17.5 Å². The first-order chi connectivity index (χ1) is 14.7. The first-order valence-corrected chi connectivity index (χ1v) is 10.1. The Morgan fingerprint density at radius 2 is 2.03 bits per heavy atom. The van der Waals surface area contributed by atoms with Crippen LogP contribution < -0.4 is 0 Å². The largest absolute Gasteiger partial charge is 0.507 e. The van der Waals surface area contributed by atoms with E-state index in [1.54, 1.807) is 12.3 Å². The maximum Gasteiger partial charge on any atom is 0.416 e. The van der Waals surface area contributed by atoms with E-state index in [9.17, 15) is 23.5 Å². The molecule has 0 unspecified atom stereocenters. The van der Waals surface area contributed by atoms with Crippen LogP contribution in [0.25, 0.3) is 22.3 Å². The molecule has 0 saturated carbocycles. The highest BCUT2D eigenvalue weighted by Crippen LogP contribution is 2.39. The zero-order chi connectivity index (χ0) is 22.3. The van der Waals surface area contributed by atoms with Gasteiger partial charge in [0.05, 0.1) is 16.8 Å². The molecule has 1 N–H and O–H groups in total. The third-order valence-corrected chi connectivity index (χ3v) is 5.92. The minimum Gasteiger partial charge on any atom is -0.507 e. The summed E-state index contributed by atoms with van der Waals surface area (Å²) in [6, 6.07) is 5.62. The molecular formula is C22H22F3N5O. The van der Waals surface area contributed by atoms with Gasteiger partial charge in [0.1, 0.15) is 11.8 Å². The van der Waals surface area contributed by atoms with Crippen LogP contribution >= 0.6 is 0 Å². The van der Waals surface area contributed by atoms with Crippen LogP contribution in [0.5, 0.6) is 5.75 Å². The van der Waals surface area contributed by atoms with Crippen molar-refractivity contribution in [3.63, 3.8) is 0 Å². The maximum absolute atomic E-state index is 13.0. The molecule has 31 heavy (non-hydrogen) atoms. The van der Waals surface area contributed by atoms with Crippen molar-refractivity contribution < 1.29 is 18.3 Å². The Morgan fingerprint density at radius 3 is 2.68 bits per heavy atom. The van der Waals surface area contributed by atoms with Crippen LogP contribution in [0.2, 0.25) is 0 Å². The lowest BCUT2D eigenvalue weighted by Gasteiger charge is -2.32. The molecule has 1 atom stereocenters. The molecule has 3 aromatic rings. The molecule has 162 valence electrons. The van der Waals surface area contributed by atoms with Crippen molar-refractivity contribution in [1.82, 2.24) is 19.7 Å². The number of hydrogen-bond acceptors (Lipinski definition) is 5. The summed E-state index contributed by atoms with van der Waals surface area (Å²) in [6.07, 6.45) is -0.780.